The summed E-state index contributed by atoms with van der Waals surface area (Å²) < 4.78 is 1.62. The van der Waals surface area contributed by atoms with E-state index in [9.17, 15) is 9.59 Å². The molecule has 0 aromatic carbocycles. The van der Waals surface area contributed by atoms with E-state index >= 15 is 0 Å². The number of oxime groups is 1. The first-order valence-electron chi connectivity index (χ1n) is 5.92. The number of aromatic carboxylic acids is 1. The van der Waals surface area contributed by atoms with E-state index in [1.807, 2.05) is 6.92 Å². The van der Waals surface area contributed by atoms with Gasteiger partial charge in [-0.2, -0.15) is 0 Å². The molecule has 0 aliphatic carbocycles. The summed E-state index contributed by atoms with van der Waals surface area (Å²) >= 11 is 0. The number of rotatable bonds is 4. The summed E-state index contributed by atoms with van der Waals surface area (Å²) in [5.74, 6) is -1.25. The summed E-state index contributed by atoms with van der Waals surface area (Å²) in [5, 5.41) is 12.9. The molecule has 7 heteroatoms. The zero-order chi connectivity index (χ0) is 14.7. The minimum absolute atomic E-state index is 0.264. The van der Waals surface area contributed by atoms with Crippen LogP contribution in [-0.4, -0.2) is 34.0 Å². The molecule has 0 aliphatic rings. The first kappa shape index (κ1) is 13.7. The van der Waals surface area contributed by atoms with Gasteiger partial charge in [0, 0.05) is 12.7 Å². The Bertz CT molecular complexity index is 749. The highest BCUT2D eigenvalue weighted by molar-refractivity contribution is 5.92. The molecule has 7 nitrogen and oxygen atoms in total. The van der Waals surface area contributed by atoms with Crippen molar-refractivity contribution in [2.24, 2.45) is 5.16 Å². The number of aromatic nitrogens is 2. The lowest BCUT2D eigenvalue weighted by molar-refractivity contribution is 0.0695. The number of carboxylic acids is 1. The van der Waals surface area contributed by atoms with Crippen LogP contribution in [0.1, 0.15) is 23.0 Å². The average molecular weight is 275 g/mol. The molecule has 0 unspecified atom stereocenters. The largest absolute Gasteiger partial charge is 0.477 e. The van der Waals surface area contributed by atoms with Crippen molar-refractivity contribution in [3.63, 3.8) is 0 Å². The Hall–Kier alpha value is -2.70. The fraction of sp³-hybridized carbons (Fsp3) is 0.231. The number of nitrogens with zero attached hydrogens (tertiary/aromatic N) is 3. The van der Waals surface area contributed by atoms with Crippen molar-refractivity contribution >= 4 is 23.2 Å². The van der Waals surface area contributed by atoms with Crippen LogP contribution in [0.25, 0.3) is 11.0 Å². The number of hydrogen-bond acceptors (Lipinski definition) is 5. The molecule has 0 radical (unpaired) electrons. The highest BCUT2D eigenvalue weighted by Crippen LogP contribution is 2.10. The van der Waals surface area contributed by atoms with Gasteiger partial charge >= 0.3 is 5.97 Å². The molecule has 0 saturated heterocycles. The Kier molecular flexibility index (Phi) is 3.79. The second kappa shape index (κ2) is 5.52. The molecule has 104 valence electrons. The molecule has 0 spiro atoms. The molecule has 2 rings (SSSR count). The van der Waals surface area contributed by atoms with Crippen LogP contribution in [-0.2, 0) is 11.4 Å². The summed E-state index contributed by atoms with van der Waals surface area (Å²) in [7, 11) is 1.42. The van der Waals surface area contributed by atoms with E-state index in [1.54, 1.807) is 16.7 Å². The number of hydrogen-bond donors (Lipinski definition) is 1. The Balaban J connectivity index is 2.76. The van der Waals surface area contributed by atoms with Gasteiger partial charge in [0.25, 0.3) is 0 Å². The molecular formula is C13H13N3O4. The number of fused-ring (bicyclic) bond motifs is 1. The predicted octanol–water partition coefficient (Wildman–Crippen LogP) is 1.09. The monoisotopic (exact) mass is 275 g/mol. The molecule has 0 aliphatic heterocycles. The van der Waals surface area contributed by atoms with Crippen molar-refractivity contribution in [1.29, 1.82) is 0 Å². The fourth-order valence-corrected chi connectivity index (χ4v) is 1.85. The van der Waals surface area contributed by atoms with Crippen molar-refractivity contribution in [1.82, 2.24) is 9.55 Å². The lowest BCUT2D eigenvalue weighted by Crippen LogP contribution is -2.19. The molecule has 0 saturated carbocycles. The molecule has 2 aromatic rings. The van der Waals surface area contributed by atoms with E-state index < -0.39 is 11.4 Å². The van der Waals surface area contributed by atoms with E-state index in [0.29, 0.717) is 17.9 Å². The SMILES string of the molecule is CCn1cc(C(=O)O)c(=O)c2ccc(/C=N/OC)nc21. The third kappa shape index (κ3) is 2.37. The van der Waals surface area contributed by atoms with Gasteiger partial charge in [-0.25, -0.2) is 9.78 Å². The maximum absolute atomic E-state index is 12.1. The fourth-order valence-electron chi connectivity index (χ4n) is 1.85. The van der Waals surface area contributed by atoms with Gasteiger partial charge in [0.15, 0.2) is 0 Å². The summed E-state index contributed by atoms with van der Waals surface area (Å²) in [6.45, 7) is 2.34. The molecule has 0 fully saturated rings. The molecule has 2 aromatic heterocycles. The number of pyridine rings is 2. The van der Waals surface area contributed by atoms with Gasteiger partial charge in [-0.15, -0.1) is 0 Å². The van der Waals surface area contributed by atoms with Gasteiger partial charge < -0.3 is 14.5 Å². The van der Waals surface area contributed by atoms with Crippen molar-refractivity contribution in [2.45, 2.75) is 13.5 Å². The van der Waals surface area contributed by atoms with Crippen LogP contribution in [0.4, 0.5) is 0 Å². The highest BCUT2D eigenvalue weighted by atomic mass is 16.6. The van der Waals surface area contributed by atoms with Crippen molar-refractivity contribution in [3.8, 4) is 0 Å². The van der Waals surface area contributed by atoms with Gasteiger partial charge in [-0.3, -0.25) is 4.79 Å². The smallest absolute Gasteiger partial charge is 0.341 e. The van der Waals surface area contributed by atoms with Crippen LogP contribution in [0, 0.1) is 0 Å². The van der Waals surface area contributed by atoms with Gasteiger partial charge in [0.05, 0.1) is 17.3 Å². The topological polar surface area (TPSA) is 93.8 Å². The first-order valence-corrected chi connectivity index (χ1v) is 5.92. The summed E-state index contributed by atoms with van der Waals surface area (Å²) in [5.41, 5.74) is 0.131. The van der Waals surface area contributed by atoms with Gasteiger partial charge in [0.1, 0.15) is 18.3 Å². The van der Waals surface area contributed by atoms with Crippen molar-refractivity contribution in [3.05, 3.63) is 39.8 Å². The zero-order valence-corrected chi connectivity index (χ0v) is 11.0. The normalized spacial score (nSPS) is 11.1. The lowest BCUT2D eigenvalue weighted by atomic mass is 10.2. The molecule has 0 bridgehead atoms. The highest BCUT2D eigenvalue weighted by Gasteiger charge is 2.14. The quantitative estimate of drug-likeness (QED) is 0.666. The molecule has 2 heterocycles. The van der Waals surface area contributed by atoms with Crippen LogP contribution < -0.4 is 5.43 Å². The summed E-state index contributed by atoms with van der Waals surface area (Å²) in [6.07, 6.45) is 2.71. The molecule has 20 heavy (non-hydrogen) atoms. The minimum atomic E-state index is -1.25. The van der Waals surface area contributed by atoms with E-state index in [0.717, 1.165) is 0 Å². The van der Waals surface area contributed by atoms with E-state index in [-0.39, 0.29) is 10.9 Å². The average Bonchev–Trinajstić information content (AvgIpc) is 2.45. The predicted molar refractivity (Wildman–Crippen MR) is 73.2 cm³/mol. The molecule has 0 amide bonds. The molecule has 0 atom stereocenters. The first-order chi connectivity index (χ1) is 9.58. The third-order valence-corrected chi connectivity index (χ3v) is 2.80. The van der Waals surface area contributed by atoms with Crippen LogP contribution in [0.3, 0.4) is 0 Å². The van der Waals surface area contributed by atoms with Gasteiger partial charge in [-0.1, -0.05) is 5.16 Å². The Morgan fingerprint density at radius 1 is 1.55 bits per heavy atom. The van der Waals surface area contributed by atoms with Crippen LogP contribution >= 0.6 is 0 Å². The zero-order valence-electron chi connectivity index (χ0n) is 11.0. The Morgan fingerprint density at radius 3 is 2.90 bits per heavy atom. The Labute approximate surface area is 114 Å². The molecular weight excluding hydrogens is 262 g/mol. The second-order valence-electron chi connectivity index (χ2n) is 3.99. The maximum Gasteiger partial charge on any atom is 0.341 e. The summed E-state index contributed by atoms with van der Waals surface area (Å²) in [4.78, 5) is 32.0. The van der Waals surface area contributed by atoms with E-state index in [2.05, 4.69) is 15.0 Å². The third-order valence-electron chi connectivity index (χ3n) is 2.80. The van der Waals surface area contributed by atoms with Crippen LogP contribution in [0.15, 0.2) is 28.3 Å². The van der Waals surface area contributed by atoms with Gasteiger partial charge in [-0.05, 0) is 19.1 Å². The van der Waals surface area contributed by atoms with Gasteiger partial charge in [0.2, 0.25) is 5.43 Å². The van der Waals surface area contributed by atoms with E-state index in [1.165, 1.54) is 19.5 Å². The second-order valence-corrected chi connectivity index (χ2v) is 3.99. The summed E-state index contributed by atoms with van der Waals surface area (Å²) in [6, 6.07) is 3.12. The lowest BCUT2D eigenvalue weighted by Gasteiger charge is -2.09. The molecule has 1 N–H and O–H groups in total. The number of carbonyl (C=O) groups is 1. The van der Waals surface area contributed by atoms with E-state index in [4.69, 9.17) is 5.11 Å². The van der Waals surface area contributed by atoms with Crippen LogP contribution in [0.2, 0.25) is 0 Å². The minimum Gasteiger partial charge on any atom is -0.477 e. The standard InChI is InChI=1S/C13H13N3O4/c1-3-16-7-10(13(18)19)11(17)9-5-4-8(6-14-20-2)15-12(9)16/h4-7H,3H2,1-2H3,(H,18,19)/b14-6+. The van der Waals surface area contributed by atoms with Crippen LogP contribution in [0.5, 0.6) is 0 Å². The number of carboxylic acid groups (broad SMARTS) is 1. The van der Waals surface area contributed by atoms with Crippen molar-refractivity contribution < 1.29 is 14.7 Å². The van der Waals surface area contributed by atoms with Crippen molar-refractivity contribution in [2.75, 3.05) is 7.11 Å². The Morgan fingerprint density at radius 2 is 2.30 bits per heavy atom. The number of aryl methyl sites for hydroxylation is 1. The maximum atomic E-state index is 12.1.